The fourth-order valence-electron chi connectivity index (χ4n) is 3.48. The lowest BCUT2D eigenvalue weighted by atomic mass is 10.2. The van der Waals surface area contributed by atoms with Gasteiger partial charge in [-0.2, -0.15) is 0 Å². The van der Waals surface area contributed by atoms with E-state index in [1.165, 1.54) is 28.9 Å². The van der Waals surface area contributed by atoms with Crippen molar-refractivity contribution >= 4 is 74.8 Å². The Labute approximate surface area is 221 Å². The molecule has 0 spiro atoms. The topological polar surface area (TPSA) is 101 Å². The average Bonchev–Trinajstić information content (AvgIpc) is 3.17. The molecule has 3 N–H and O–H groups in total. The number of rotatable bonds is 6. The lowest BCUT2D eigenvalue weighted by Crippen LogP contribution is -2.36. The maximum absolute atomic E-state index is 13.2. The van der Waals surface area contributed by atoms with Crippen molar-refractivity contribution in [1.29, 1.82) is 0 Å². The third-order valence-electron chi connectivity index (χ3n) is 4.97. The van der Waals surface area contributed by atoms with Crippen LogP contribution in [0.3, 0.4) is 0 Å². The molecule has 0 fully saturated rings. The third kappa shape index (κ3) is 5.73. The van der Waals surface area contributed by atoms with Gasteiger partial charge in [0, 0.05) is 26.1 Å². The van der Waals surface area contributed by atoms with Crippen LogP contribution < -0.4 is 20.8 Å². The van der Waals surface area contributed by atoms with E-state index in [1.54, 1.807) is 49.4 Å². The number of para-hydroxylation sites is 2. The van der Waals surface area contributed by atoms with Crippen LogP contribution >= 0.6 is 34.8 Å². The van der Waals surface area contributed by atoms with Crippen LogP contribution in [0.2, 0.25) is 15.1 Å². The van der Waals surface area contributed by atoms with E-state index in [0.29, 0.717) is 49.7 Å². The van der Waals surface area contributed by atoms with Gasteiger partial charge in [-0.15, -0.1) is 0 Å². The van der Waals surface area contributed by atoms with Gasteiger partial charge >= 0.3 is 11.8 Å². The molecule has 0 aliphatic rings. The molecule has 0 aliphatic heterocycles. The number of carbonyl (C=O) groups excluding carboxylic acids is 3. The predicted octanol–water partition coefficient (Wildman–Crippen LogP) is 5.96. The number of hydrogen-bond donors (Lipinski definition) is 3. The zero-order valence-corrected chi connectivity index (χ0v) is 21.0. The Bertz CT molecular complexity index is 1470. The Balaban J connectivity index is 1.63. The van der Waals surface area contributed by atoms with Crippen LogP contribution in [-0.4, -0.2) is 29.0 Å². The van der Waals surface area contributed by atoms with Gasteiger partial charge in [0.2, 0.25) is 0 Å². The zero-order chi connectivity index (χ0) is 25.8. The van der Waals surface area contributed by atoms with E-state index < -0.39 is 17.7 Å². The number of fused-ring (bicyclic) bond motifs is 1. The fraction of sp³-hybridized carbons (Fsp3) is 0.0800. The van der Waals surface area contributed by atoms with Gasteiger partial charge in [0.15, 0.2) is 0 Å². The molecule has 0 aliphatic carbocycles. The number of amides is 3. The Morgan fingerprint density at radius 3 is 2.28 bits per heavy atom. The summed E-state index contributed by atoms with van der Waals surface area (Å²) in [5, 5.41) is 6.89. The summed E-state index contributed by atoms with van der Waals surface area (Å²) in [6.45, 7) is 2.19. The summed E-state index contributed by atoms with van der Waals surface area (Å²) in [5.74, 6) is -2.12. The van der Waals surface area contributed by atoms with Crippen molar-refractivity contribution in [2.24, 2.45) is 0 Å². The zero-order valence-electron chi connectivity index (χ0n) is 18.8. The van der Waals surface area contributed by atoms with Crippen molar-refractivity contribution < 1.29 is 19.1 Å². The van der Waals surface area contributed by atoms with Crippen molar-refractivity contribution in [3.63, 3.8) is 0 Å². The number of aromatic nitrogens is 1. The van der Waals surface area contributed by atoms with E-state index in [-0.39, 0.29) is 5.69 Å². The van der Waals surface area contributed by atoms with Crippen LogP contribution in [0.1, 0.15) is 17.4 Å². The minimum absolute atomic E-state index is 0.0410. The summed E-state index contributed by atoms with van der Waals surface area (Å²) < 4.78 is 6.69. The molecule has 0 saturated heterocycles. The Hall–Kier alpha value is -3.72. The molecule has 36 heavy (non-hydrogen) atoms. The molecule has 4 rings (SSSR count). The van der Waals surface area contributed by atoms with Gasteiger partial charge in [-0.3, -0.25) is 19.8 Å². The highest BCUT2D eigenvalue weighted by molar-refractivity contribution is 6.42. The van der Waals surface area contributed by atoms with Crippen LogP contribution in [0.25, 0.3) is 10.9 Å². The number of benzene rings is 3. The molecule has 0 unspecified atom stereocenters. The molecule has 0 atom stereocenters. The SMILES string of the molecule is CCOc1ccccc1NC(=O)C(=O)Nn1c(C(=O)Nc2cc(Cl)cc(Cl)c2)cc2cc(Cl)ccc21. The summed E-state index contributed by atoms with van der Waals surface area (Å²) in [4.78, 5) is 38.7. The number of nitrogens with one attached hydrogen (secondary N) is 3. The van der Waals surface area contributed by atoms with Crippen molar-refractivity contribution in [1.82, 2.24) is 4.68 Å². The molecule has 4 aromatic rings. The van der Waals surface area contributed by atoms with Crippen LogP contribution in [0.5, 0.6) is 5.75 Å². The second kappa shape index (κ2) is 10.9. The normalized spacial score (nSPS) is 10.7. The van der Waals surface area contributed by atoms with E-state index in [1.807, 2.05) is 0 Å². The average molecular weight is 546 g/mol. The van der Waals surface area contributed by atoms with Crippen molar-refractivity contribution in [2.75, 3.05) is 22.7 Å². The minimum atomic E-state index is -1.01. The lowest BCUT2D eigenvalue weighted by molar-refractivity contribution is -0.133. The molecule has 8 nitrogen and oxygen atoms in total. The van der Waals surface area contributed by atoms with Gasteiger partial charge in [0.25, 0.3) is 5.91 Å². The van der Waals surface area contributed by atoms with Gasteiger partial charge in [-0.25, -0.2) is 4.68 Å². The molecule has 184 valence electrons. The first-order valence-electron chi connectivity index (χ1n) is 10.7. The summed E-state index contributed by atoms with van der Waals surface area (Å²) in [7, 11) is 0. The van der Waals surface area contributed by atoms with Gasteiger partial charge < -0.3 is 15.4 Å². The van der Waals surface area contributed by atoms with Gasteiger partial charge in [0.05, 0.1) is 17.8 Å². The molecule has 1 aromatic heterocycles. The quantitative estimate of drug-likeness (QED) is 0.260. The molecule has 11 heteroatoms. The van der Waals surface area contributed by atoms with Gasteiger partial charge in [-0.05, 0) is 61.5 Å². The van der Waals surface area contributed by atoms with Crippen molar-refractivity contribution in [3.05, 3.63) is 87.5 Å². The van der Waals surface area contributed by atoms with Crippen LogP contribution in [0.4, 0.5) is 11.4 Å². The Kier molecular flexibility index (Phi) is 7.69. The molecular formula is C25H19Cl3N4O4. The molecule has 0 radical (unpaired) electrons. The number of carbonyl (C=O) groups is 3. The Morgan fingerprint density at radius 1 is 0.833 bits per heavy atom. The van der Waals surface area contributed by atoms with Crippen LogP contribution in [-0.2, 0) is 9.59 Å². The highest BCUT2D eigenvalue weighted by Gasteiger charge is 2.22. The molecule has 3 aromatic carbocycles. The van der Waals surface area contributed by atoms with Gasteiger partial charge in [0.1, 0.15) is 11.4 Å². The molecular weight excluding hydrogens is 527 g/mol. The first kappa shape index (κ1) is 25.4. The van der Waals surface area contributed by atoms with Gasteiger partial charge in [-0.1, -0.05) is 46.9 Å². The summed E-state index contributed by atoms with van der Waals surface area (Å²) in [6, 6.07) is 17.7. The molecule has 0 saturated carbocycles. The highest BCUT2D eigenvalue weighted by atomic mass is 35.5. The van der Waals surface area contributed by atoms with Crippen LogP contribution in [0, 0.1) is 0 Å². The second-order valence-electron chi connectivity index (χ2n) is 7.50. The number of halogens is 3. The second-order valence-corrected chi connectivity index (χ2v) is 8.81. The number of anilines is 2. The predicted molar refractivity (Wildman–Crippen MR) is 142 cm³/mol. The fourth-order valence-corrected chi connectivity index (χ4v) is 4.18. The highest BCUT2D eigenvalue weighted by Crippen LogP contribution is 2.26. The van der Waals surface area contributed by atoms with Crippen molar-refractivity contribution in [2.45, 2.75) is 6.92 Å². The Morgan fingerprint density at radius 2 is 1.56 bits per heavy atom. The molecule has 3 amide bonds. The number of ether oxygens (including phenoxy) is 1. The largest absolute Gasteiger partial charge is 0.492 e. The first-order chi connectivity index (χ1) is 17.2. The summed E-state index contributed by atoms with van der Waals surface area (Å²) in [6.07, 6.45) is 0. The monoisotopic (exact) mass is 544 g/mol. The number of nitrogens with zero attached hydrogens (tertiary/aromatic N) is 1. The standard InChI is InChI=1S/C25H19Cl3N4O4/c1-2-36-22-6-4-3-5-19(22)30-24(34)25(35)31-32-20-8-7-15(26)9-14(20)10-21(32)23(33)29-18-12-16(27)11-17(28)13-18/h3-13H,2H2,1H3,(H,29,33)(H,30,34)(H,31,35). The van der Waals surface area contributed by atoms with Crippen molar-refractivity contribution in [3.8, 4) is 5.75 Å². The summed E-state index contributed by atoms with van der Waals surface area (Å²) in [5.41, 5.74) is 3.66. The van der Waals surface area contributed by atoms with E-state index >= 15 is 0 Å². The van der Waals surface area contributed by atoms with E-state index in [9.17, 15) is 14.4 Å². The lowest BCUT2D eigenvalue weighted by Gasteiger charge is -2.14. The molecule has 0 bridgehead atoms. The first-order valence-corrected chi connectivity index (χ1v) is 11.8. The summed E-state index contributed by atoms with van der Waals surface area (Å²) >= 11 is 18.2. The van der Waals surface area contributed by atoms with E-state index in [4.69, 9.17) is 39.5 Å². The van der Waals surface area contributed by atoms with E-state index in [2.05, 4.69) is 16.1 Å². The third-order valence-corrected chi connectivity index (χ3v) is 5.64. The number of hydrogen-bond acceptors (Lipinski definition) is 4. The molecule has 1 heterocycles. The van der Waals surface area contributed by atoms with E-state index in [0.717, 1.165) is 0 Å². The smallest absolute Gasteiger partial charge is 0.328 e. The maximum atomic E-state index is 13.2. The van der Waals surface area contributed by atoms with Crippen LogP contribution in [0.15, 0.2) is 66.7 Å². The minimum Gasteiger partial charge on any atom is -0.492 e. The maximum Gasteiger partial charge on any atom is 0.328 e.